The van der Waals surface area contributed by atoms with Crippen molar-refractivity contribution in [3.05, 3.63) is 76.2 Å². The van der Waals surface area contributed by atoms with Crippen molar-refractivity contribution >= 4 is 34.1 Å². The van der Waals surface area contributed by atoms with Crippen LogP contribution >= 0.6 is 11.3 Å². The predicted octanol–water partition coefficient (Wildman–Crippen LogP) is 4.84. The lowest BCUT2D eigenvalue weighted by Gasteiger charge is -2.12. The van der Waals surface area contributed by atoms with Gasteiger partial charge in [-0.15, -0.1) is 11.3 Å². The summed E-state index contributed by atoms with van der Waals surface area (Å²) in [6.07, 6.45) is 4.75. The summed E-state index contributed by atoms with van der Waals surface area (Å²) in [5.41, 5.74) is 6.51. The van der Waals surface area contributed by atoms with Gasteiger partial charge in [-0.2, -0.15) is 0 Å². The Hall–Kier alpha value is -3.65. The number of ether oxygens (including phenoxy) is 1. The van der Waals surface area contributed by atoms with Gasteiger partial charge < -0.3 is 10.1 Å². The normalized spacial score (nSPS) is 12.8. The Morgan fingerprint density at radius 1 is 0.848 bits per heavy atom. The number of hydrogen-bond donors (Lipinski definition) is 3. The van der Waals surface area contributed by atoms with E-state index in [0.29, 0.717) is 27.6 Å². The molecular formula is C25H25N3O4S. The van der Waals surface area contributed by atoms with Crippen molar-refractivity contribution in [1.29, 1.82) is 0 Å². The van der Waals surface area contributed by atoms with Crippen LogP contribution in [0.1, 0.15) is 57.3 Å². The largest absolute Gasteiger partial charge is 0.457 e. The second-order valence-corrected chi connectivity index (χ2v) is 8.87. The van der Waals surface area contributed by atoms with Crippen molar-refractivity contribution in [3.8, 4) is 11.5 Å². The van der Waals surface area contributed by atoms with E-state index >= 15 is 0 Å². The first kappa shape index (κ1) is 22.5. The summed E-state index contributed by atoms with van der Waals surface area (Å²) in [6, 6.07) is 16.2. The molecule has 0 bridgehead atoms. The summed E-state index contributed by atoms with van der Waals surface area (Å²) in [7, 11) is 0. The van der Waals surface area contributed by atoms with Gasteiger partial charge in [-0.05, 0) is 55.5 Å². The van der Waals surface area contributed by atoms with Crippen LogP contribution in [-0.2, 0) is 17.6 Å². The molecule has 2 aromatic carbocycles. The molecule has 0 aliphatic heterocycles. The van der Waals surface area contributed by atoms with E-state index in [1.807, 2.05) is 30.3 Å². The Bertz CT molecular complexity index is 1170. The quantitative estimate of drug-likeness (QED) is 0.373. The molecule has 8 heteroatoms. The lowest BCUT2D eigenvalue weighted by atomic mass is 10.0. The van der Waals surface area contributed by atoms with Crippen LogP contribution in [0.5, 0.6) is 11.5 Å². The highest BCUT2D eigenvalue weighted by atomic mass is 32.1. The van der Waals surface area contributed by atoms with Crippen LogP contribution in [0.25, 0.3) is 0 Å². The highest BCUT2D eigenvalue weighted by Gasteiger charge is 2.26. The molecule has 0 saturated heterocycles. The van der Waals surface area contributed by atoms with Crippen LogP contribution < -0.4 is 20.9 Å². The van der Waals surface area contributed by atoms with Crippen LogP contribution in [0.2, 0.25) is 0 Å². The fraction of sp³-hybridized carbons (Fsp3) is 0.240. The summed E-state index contributed by atoms with van der Waals surface area (Å²) in [5, 5.41) is 3.40. The van der Waals surface area contributed by atoms with Crippen LogP contribution in [0.15, 0.2) is 54.6 Å². The van der Waals surface area contributed by atoms with Crippen molar-refractivity contribution in [2.75, 3.05) is 5.32 Å². The number of benzene rings is 2. The zero-order chi connectivity index (χ0) is 23.2. The van der Waals surface area contributed by atoms with E-state index < -0.39 is 5.91 Å². The molecule has 0 saturated carbocycles. The molecule has 7 nitrogen and oxygen atoms in total. The molecule has 3 aromatic rings. The summed E-state index contributed by atoms with van der Waals surface area (Å²) in [5.74, 6) is -0.137. The number of anilines is 1. The number of amides is 3. The monoisotopic (exact) mass is 463 g/mol. The Labute approximate surface area is 196 Å². The van der Waals surface area contributed by atoms with Crippen molar-refractivity contribution in [2.45, 2.75) is 39.0 Å². The molecule has 0 unspecified atom stereocenters. The Balaban J connectivity index is 1.63. The van der Waals surface area contributed by atoms with Gasteiger partial charge in [0.1, 0.15) is 16.5 Å². The van der Waals surface area contributed by atoms with Gasteiger partial charge in [0.25, 0.3) is 11.8 Å². The second kappa shape index (κ2) is 10.3. The Morgan fingerprint density at radius 2 is 1.58 bits per heavy atom. The van der Waals surface area contributed by atoms with Crippen molar-refractivity contribution in [1.82, 2.24) is 10.9 Å². The topological polar surface area (TPSA) is 96.5 Å². The Morgan fingerprint density at radius 3 is 2.36 bits per heavy atom. The van der Waals surface area contributed by atoms with E-state index in [-0.39, 0.29) is 11.8 Å². The number of hydrazine groups is 1. The van der Waals surface area contributed by atoms with Gasteiger partial charge in [0, 0.05) is 11.8 Å². The zero-order valence-corrected chi connectivity index (χ0v) is 19.1. The van der Waals surface area contributed by atoms with E-state index in [2.05, 4.69) is 16.2 Å². The summed E-state index contributed by atoms with van der Waals surface area (Å²) < 4.78 is 5.92. The van der Waals surface area contributed by atoms with Gasteiger partial charge in [0.15, 0.2) is 0 Å². The lowest BCUT2D eigenvalue weighted by Crippen LogP contribution is -2.40. The van der Waals surface area contributed by atoms with E-state index in [0.717, 1.165) is 42.5 Å². The fourth-order valence-corrected chi connectivity index (χ4v) is 5.09. The summed E-state index contributed by atoms with van der Waals surface area (Å²) >= 11 is 1.42. The van der Waals surface area contributed by atoms with Gasteiger partial charge in [-0.25, -0.2) is 0 Å². The number of aryl methyl sites for hydroxylation is 1. The van der Waals surface area contributed by atoms with Crippen molar-refractivity contribution < 1.29 is 19.1 Å². The van der Waals surface area contributed by atoms with Crippen molar-refractivity contribution in [3.63, 3.8) is 0 Å². The molecule has 0 fully saturated rings. The number of para-hydroxylation sites is 2. The molecule has 0 atom stereocenters. The third-order valence-corrected chi connectivity index (χ3v) is 6.54. The number of hydrogen-bond acceptors (Lipinski definition) is 5. The molecule has 1 heterocycles. The molecule has 1 aliphatic carbocycles. The SMILES string of the molecule is CC(=O)NNC(=O)c1c(NC(=O)c2ccccc2Oc2ccccc2)sc2c1CCCCC2. The van der Waals surface area contributed by atoms with Crippen LogP contribution in [-0.4, -0.2) is 17.7 Å². The zero-order valence-electron chi connectivity index (χ0n) is 18.3. The van der Waals surface area contributed by atoms with Crippen LogP contribution in [0.3, 0.4) is 0 Å². The van der Waals surface area contributed by atoms with Gasteiger partial charge >= 0.3 is 0 Å². The van der Waals surface area contributed by atoms with E-state index in [4.69, 9.17) is 4.74 Å². The highest BCUT2D eigenvalue weighted by Crippen LogP contribution is 2.38. The Kier molecular flexibility index (Phi) is 7.04. The third-order valence-electron chi connectivity index (χ3n) is 5.33. The first-order chi connectivity index (χ1) is 16.0. The fourth-order valence-electron chi connectivity index (χ4n) is 3.81. The average molecular weight is 464 g/mol. The molecule has 4 rings (SSSR count). The second-order valence-electron chi connectivity index (χ2n) is 7.77. The van der Waals surface area contributed by atoms with Crippen LogP contribution in [0, 0.1) is 0 Å². The van der Waals surface area contributed by atoms with E-state index in [9.17, 15) is 14.4 Å². The predicted molar refractivity (Wildman–Crippen MR) is 128 cm³/mol. The first-order valence-electron chi connectivity index (χ1n) is 10.9. The lowest BCUT2D eigenvalue weighted by molar-refractivity contribution is -0.119. The number of nitrogens with one attached hydrogen (secondary N) is 3. The number of carbonyl (C=O) groups is 3. The first-order valence-corrected chi connectivity index (χ1v) is 11.7. The molecule has 1 aromatic heterocycles. The minimum absolute atomic E-state index is 0.359. The standard InChI is InChI=1S/C25H25N3O4S/c1-16(29)27-28-24(31)22-19-13-6-3-7-15-21(19)33-25(22)26-23(30)18-12-8-9-14-20(18)32-17-10-4-2-5-11-17/h2,4-5,8-12,14H,3,6-7,13,15H2,1H3,(H,26,30)(H,27,29)(H,28,31). The molecular weight excluding hydrogens is 438 g/mol. The highest BCUT2D eigenvalue weighted by molar-refractivity contribution is 7.17. The molecule has 170 valence electrons. The number of fused-ring (bicyclic) bond motifs is 1. The smallest absolute Gasteiger partial charge is 0.272 e. The van der Waals surface area contributed by atoms with Crippen LogP contribution in [0.4, 0.5) is 5.00 Å². The van der Waals surface area contributed by atoms with E-state index in [1.165, 1.54) is 18.3 Å². The van der Waals surface area contributed by atoms with E-state index in [1.54, 1.807) is 24.3 Å². The minimum atomic E-state index is -0.436. The number of rotatable bonds is 5. The molecule has 3 N–H and O–H groups in total. The maximum atomic E-state index is 13.3. The van der Waals surface area contributed by atoms with Crippen molar-refractivity contribution in [2.24, 2.45) is 0 Å². The molecule has 0 radical (unpaired) electrons. The minimum Gasteiger partial charge on any atom is -0.457 e. The van der Waals surface area contributed by atoms with Gasteiger partial charge in [0.2, 0.25) is 5.91 Å². The number of thiophene rings is 1. The van der Waals surface area contributed by atoms with Gasteiger partial charge in [0.05, 0.1) is 11.1 Å². The molecule has 1 aliphatic rings. The maximum Gasteiger partial charge on any atom is 0.272 e. The van der Waals surface area contributed by atoms with Gasteiger partial charge in [-0.1, -0.05) is 36.8 Å². The molecule has 3 amide bonds. The third kappa shape index (κ3) is 5.40. The maximum absolute atomic E-state index is 13.3. The average Bonchev–Trinajstić information content (AvgIpc) is 2.98. The summed E-state index contributed by atoms with van der Waals surface area (Å²) in [4.78, 5) is 38.6. The summed E-state index contributed by atoms with van der Waals surface area (Å²) in [6.45, 7) is 1.32. The molecule has 33 heavy (non-hydrogen) atoms. The molecule has 0 spiro atoms. The number of carbonyl (C=O) groups excluding carboxylic acids is 3. The van der Waals surface area contributed by atoms with Gasteiger partial charge in [-0.3, -0.25) is 25.2 Å².